The van der Waals surface area contributed by atoms with Crippen molar-refractivity contribution in [2.24, 2.45) is 0 Å². The number of methoxy groups -OCH3 is 1. The molecule has 0 amide bonds. The molecule has 1 atom stereocenters. The summed E-state index contributed by atoms with van der Waals surface area (Å²) in [5.41, 5.74) is 2.21. The maximum Gasteiger partial charge on any atom is 0.246 e. The fourth-order valence-corrected chi connectivity index (χ4v) is 5.74. The molecule has 3 heterocycles. The van der Waals surface area contributed by atoms with E-state index in [1.807, 2.05) is 7.05 Å². The van der Waals surface area contributed by atoms with Crippen molar-refractivity contribution in [1.29, 1.82) is 0 Å². The lowest BCUT2D eigenvalue weighted by molar-refractivity contribution is 0.309. The maximum absolute atomic E-state index is 13.2. The number of fused-ring (bicyclic) bond motifs is 1. The number of likely N-dealkylation sites (N-methyl/N-ethyl adjacent to an activating group) is 1. The third-order valence-corrected chi connectivity index (χ3v) is 7.61. The number of para-hydroxylation sites is 1. The average molecular weight is 418 g/mol. The lowest BCUT2D eigenvalue weighted by atomic mass is 10.0. The van der Waals surface area contributed by atoms with Crippen molar-refractivity contribution >= 4 is 15.8 Å². The summed E-state index contributed by atoms with van der Waals surface area (Å²) in [4.78, 5) is 12.0. The summed E-state index contributed by atoms with van der Waals surface area (Å²) in [5, 5.41) is 3.20. The molecule has 1 unspecified atom stereocenters. The Hall–Kier alpha value is -2.23. The van der Waals surface area contributed by atoms with Gasteiger partial charge in [-0.05, 0) is 25.6 Å². The van der Waals surface area contributed by atoms with Gasteiger partial charge in [-0.15, -0.1) is 0 Å². The molecule has 0 saturated carbocycles. The van der Waals surface area contributed by atoms with Crippen molar-refractivity contribution in [3.8, 4) is 5.75 Å². The Morgan fingerprint density at radius 3 is 2.76 bits per heavy atom. The molecular formula is C20H27N5O3S. The molecule has 0 radical (unpaired) electrons. The zero-order chi connectivity index (χ0) is 20.6. The number of benzene rings is 1. The highest BCUT2D eigenvalue weighted by Gasteiger charge is 2.36. The third-order valence-electron chi connectivity index (χ3n) is 5.71. The van der Waals surface area contributed by atoms with Crippen molar-refractivity contribution in [2.75, 3.05) is 46.2 Å². The number of anilines is 1. The van der Waals surface area contributed by atoms with Crippen molar-refractivity contribution in [2.45, 2.75) is 30.2 Å². The summed E-state index contributed by atoms with van der Waals surface area (Å²) in [5.74, 6) is 1.93. The Balaban J connectivity index is 1.60. The minimum Gasteiger partial charge on any atom is -0.495 e. The maximum atomic E-state index is 13.2. The van der Waals surface area contributed by atoms with E-state index in [0.717, 1.165) is 42.4 Å². The third kappa shape index (κ3) is 3.70. The summed E-state index contributed by atoms with van der Waals surface area (Å²) in [6.45, 7) is 2.61. The number of hydrogen-bond donors (Lipinski definition) is 1. The monoisotopic (exact) mass is 417 g/mol. The van der Waals surface area contributed by atoms with Crippen LogP contribution in [0.25, 0.3) is 0 Å². The highest BCUT2D eigenvalue weighted by atomic mass is 32.2. The molecule has 156 valence electrons. The summed E-state index contributed by atoms with van der Waals surface area (Å²) < 4.78 is 33.1. The van der Waals surface area contributed by atoms with Gasteiger partial charge in [0.1, 0.15) is 22.3 Å². The van der Waals surface area contributed by atoms with E-state index in [1.165, 1.54) is 11.4 Å². The van der Waals surface area contributed by atoms with Crippen molar-refractivity contribution < 1.29 is 13.2 Å². The number of nitrogens with one attached hydrogen (secondary N) is 1. The van der Waals surface area contributed by atoms with E-state index in [2.05, 4.69) is 17.3 Å². The van der Waals surface area contributed by atoms with Crippen LogP contribution in [-0.4, -0.2) is 68.4 Å². The Morgan fingerprint density at radius 2 is 2.00 bits per heavy atom. The van der Waals surface area contributed by atoms with E-state index in [0.29, 0.717) is 25.3 Å². The molecule has 8 nitrogen and oxygen atoms in total. The number of rotatable bonds is 5. The van der Waals surface area contributed by atoms with E-state index in [9.17, 15) is 8.42 Å². The molecule has 1 aromatic carbocycles. The van der Waals surface area contributed by atoms with Crippen LogP contribution >= 0.6 is 0 Å². The zero-order valence-electron chi connectivity index (χ0n) is 17.1. The first-order valence-electron chi connectivity index (χ1n) is 9.83. The Labute approximate surface area is 172 Å². The number of hydrogen-bond acceptors (Lipinski definition) is 7. The smallest absolute Gasteiger partial charge is 0.246 e. The standard InChI is InChI=1S/C20H27N5O3S/c1-21-20-15-13-24(2)10-9-16(15)22-19(23-20)14-8-11-25(12-14)29(26,27)18-7-5-4-6-17(18)28-3/h4-7,14H,8-13H2,1-3H3,(H,21,22,23). The summed E-state index contributed by atoms with van der Waals surface area (Å²) >= 11 is 0. The van der Waals surface area contributed by atoms with E-state index in [1.54, 1.807) is 24.3 Å². The first-order valence-corrected chi connectivity index (χ1v) is 11.3. The molecule has 9 heteroatoms. The van der Waals surface area contributed by atoms with Gasteiger partial charge in [0.25, 0.3) is 0 Å². The molecule has 1 saturated heterocycles. The van der Waals surface area contributed by atoms with Gasteiger partial charge in [-0.1, -0.05) is 12.1 Å². The molecule has 1 N–H and O–H groups in total. The van der Waals surface area contributed by atoms with Gasteiger partial charge in [-0.25, -0.2) is 18.4 Å². The molecule has 2 aliphatic heterocycles. The highest BCUT2D eigenvalue weighted by Crippen LogP contribution is 2.34. The molecule has 0 bridgehead atoms. The first-order chi connectivity index (χ1) is 13.9. The minimum atomic E-state index is -3.63. The van der Waals surface area contributed by atoms with Crippen molar-refractivity contribution in [3.63, 3.8) is 0 Å². The SMILES string of the molecule is CNc1nc(C2CCN(S(=O)(=O)c3ccccc3OC)C2)nc2c1CN(C)CC2. The number of aromatic nitrogens is 2. The van der Waals surface area contributed by atoms with Gasteiger partial charge in [0.2, 0.25) is 10.0 Å². The minimum absolute atomic E-state index is 0.0171. The van der Waals surface area contributed by atoms with Crippen LogP contribution < -0.4 is 10.1 Å². The molecule has 0 aliphatic carbocycles. The summed E-state index contributed by atoms with van der Waals surface area (Å²) in [6.07, 6.45) is 1.59. The largest absolute Gasteiger partial charge is 0.495 e. The van der Waals surface area contributed by atoms with Gasteiger partial charge in [0, 0.05) is 51.1 Å². The van der Waals surface area contributed by atoms with Crippen LogP contribution in [0, 0.1) is 0 Å². The topological polar surface area (TPSA) is 87.7 Å². The molecule has 4 rings (SSSR count). The molecular weight excluding hydrogens is 390 g/mol. The first kappa shape index (κ1) is 20.1. The van der Waals surface area contributed by atoms with Crippen LogP contribution in [0.1, 0.15) is 29.4 Å². The Morgan fingerprint density at radius 1 is 1.21 bits per heavy atom. The quantitative estimate of drug-likeness (QED) is 0.792. The highest BCUT2D eigenvalue weighted by molar-refractivity contribution is 7.89. The van der Waals surface area contributed by atoms with Gasteiger partial charge in [-0.2, -0.15) is 4.31 Å². The van der Waals surface area contributed by atoms with Gasteiger partial charge in [-0.3, -0.25) is 0 Å². The Bertz CT molecular complexity index is 994. The zero-order valence-corrected chi connectivity index (χ0v) is 17.9. The Kier molecular flexibility index (Phi) is 5.46. The lowest BCUT2D eigenvalue weighted by Crippen LogP contribution is -2.30. The molecule has 1 fully saturated rings. The second kappa shape index (κ2) is 7.89. The lowest BCUT2D eigenvalue weighted by Gasteiger charge is -2.26. The van der Waals surface area contributed by atoms with Crippen LogP contribution in [-0.2, 0) is 23.0 Å². The molecule has 29 heavy (non-hydrogen) atoms. The summed E-state index contributed by atoms with van der Waals surface area (Å²) in [7, 11) is 1.81. The second-order valence-electron chi connectivity index (χ2n) is 7.59. The predicted molar refractivity (Wildman–Crippen MR) is 111 cm³/mol. The van der Waals surface area contributed by atoms with E-state index in [4.69, 9.17) is 14.7 Å². The predicted octanol–water partition coefficient (Wildman–Crippen LogP) is 1.69. The normalized spacial score (nSPS) is 20.4. The van der Waals surface area contributed by atoms with Crippen molar-refractivity contribution in [3.05, 3.63) is 41.3 Å². The van der Waals surface area contributed by atoms with Crippen LogP contribution in [0.4, 0.5) is 5.82 Å². The second-order valence-corrected chi connectivity index (χ2v) is 9.50. The average Bonchev–Trinajstić information content (AvgIpc) is 3.24. The van der Waals surface area contributed by atoms with Crippen LogP contribution in [0.15, 0.2) is 29.2 Å². The van der Waals surface area contributed by atoms with Crippen LogP contribution in [0.3, 0.4) is 0 Å². The molecule has 0 spiro atoms. The molecule has 1 aromatic heterocycles. The van der Waals surface area contributed by atoms with Crippen LogP contribution in [0.5, 0.6) is 5.75 Å². The fraction of sp³-hybridized carbons (Fsp3) is 0.500. The summed E-state index contributed by atoms with van der Waals surface area (Å²) in [6, 6.07) is 6.74. The van der Waals surface area contributed by atoms with E-state index in [-0.39, 0.29) is 10.8 Å². The van der Waals surface area contributed by atoms with Crippen LogP contribution in [0.2, 0.25) is 0 Å². The number of nitrogens with zero attached hydrogens (tertiary/aromatic N) is 4. The van der Waals surface area contributed by atoms with Gasteiger partial charge >= 0.3 is 0 Å². The number of sulfonamides is 1. The van der Waals surface area contributed by atoms with Crippen molar-refractivity contribution in [1.82, 2.24) is 19.2 Å². The van der Waals surface area contributed by atoms with E-state index >= 15 is 0 Å². The molecule has 2 aromatic rings. The van der Waals surface area contributed by atoms with Gasteiger partial charge in [0.15, 0.2) is 0 Å². The fourth-order valence-electron chi connectivity index (χ4n) is 4.09. The van der Waals surface area contributed by atoms with E-state index < -0.39 is 10.0 Å². The molecule has 2 aliphatic rings. The van der Waals surface area contributed by atoms with Gasteiger partial charge < -0.3 is 15.0 Å². The number of ether oxygens (including phenoxy) is 1. The van der Waals surface area contributed by atoms with Gasteiger partial charge in [0.05, 0.1) is 12.8 Å².